The molecule has 3 nitrogen and oxygen atoms in total. The Labute approximate surface area is 114 Å². The van der Waals surface area contributed by atoms with Gasteiger partial charge in [-0.1, -0.05) is 51.1 Å². The van der Waals surface area contributed by atoms with Gasteiger partial charge in [0.2, 0.25) is 0 Å². The normalized spacial score (nSPS) is 24.2. The topological polar surface area (TPSA) is 35.5 Å². The smallest absolute Gasteiger partial charge is 0.165 e. The van der Waals surface area contributed by atoms with Gasteiger partial charge in [-0.15, -0.1) is 0 Å². The predicted molar refractivity (Wildman–Crippen MR) is 74.1 cm³/mol. The van der Waals surface area contributed by atoms with Crippen LogP contribution in [0.15, 0.2) is 30.3 Å². The van der Waals surface area contributed by atoms with Crippen molar-refractivity contribution in [3.8, 4) is 0 Å². The van der Waals surface area contributed by atoms with Gasteiger partial charge in [-0.3, -0.25) is 4.79 Å². The Balaban J connectivity index is 1.94. The summed E-state index contributed by atoms with van der Waals surface area (Å²) in [7, 11) is 0. The maximum absolute atomic E-state index is 12.1. The molecule has 104 valence electrons. The van der Waals surface area contributed by atoms with E-state index < -0.39 is 0 Å². The van der Waals surface area contributed by atoms with Crippen molar-refractivity contribution >= 4 is 5.78 Å². The van der Waals surface area contributed by atoms with E-state index in [0.717, 1.165) is 12.0 Å². The van der Waals surface area contributed by atoms with Gasteiger partial charge in [0.25, 0.3) is 0 Å². The molecule has 3 heteroatoms. The number of carbonyl (C=O) groups excluding carboxylic acids is 1. The Morgan fingerprint density at radius 3 is 2.58 bits per heavy atom. The van der Waals surface area contributed by atoms with Crippen molar-refractivity contribution in [2.24, 2.45) is 5.41 Å². The number of ketones is 1. The quantitative estimate of drug-likeness (QED) is 0.783. The van der Waals surface area contributed by atoms with Crippen LogP contribution in [0, 0.1) is 5.41 Å². The number of hydrogen-bond donors (Lipinski definition) is 0. The Hall–Kier alpha value is -1.19. The molecule has 0 amide bonds. The summed E-state index contributed by atoms with van der Waals surface area (Å²) in [6, 6.07) is 9.38. The van der Waals surface area contributed by atoms with Crippen LogP contribution < -0.4 is 0 Å². The van der Waals surface area contributed by atoms with Crippen LogP contribution in [0.3, 0.4) is 0 Å². The highest BCUT2D eigenvalue weighted by molar-refractivity contribution is 5.96. The minimum absolute atomic E-state index is 0.0364. The van der Waals surface area contributed by atoms with Gasteiger partial charge in [-0.05, 0) is 6.42 Å². The largest absolute Gasteiger partial charge is 0.352 e. The van der Waals surface area contributed by atoms with Crippen molar-refractivity contribution in [1.82, 2.24) is 0 Å². The Morgan fingerprint density at radius 2 is 1.95 bits per heavy atom. The second kappa shape index (κ2) is 5.85. The van der Waals surface area contributed by atoms with Crippen molar-refractivity contribution in [1.29, 1.82) is 0 Å². The van der Waals surface area contributed by atoms with Gasteiger partial charge in [0.1, 0.15) is 0 Å². The Kier molecular flexibility index (Phi) is 4.38. The highest BCUT2D eigenvalue weighted by Crippen LogP contribution is 2.29. The molecule has 0 N–H and O–H groups in total. The maximum Gasteiger partial charge on any atom is 0.165 e. The average Bonchev–Trinajstić information content (AvgIpc) is 2.39. The third-order valence-corrected chi connectivity index (χ3v) is 3.24. The lowest BCUT2D eigenvalue weighted by atomic mass is 9.94. The standard InChI is InChI=1S/C16H22O3/c1-16(2,3)15-18-10-9-13(19-15)11-14(17)12-7-5-4-6-8-12/h4-8,13,15H,9-11H2,1-3H3/t13-,15-/m1/s1. The molecule has 1 aliphatic heterocycles. The van der Waals surface area contributed by atoms with E-state index >= 15 is 0 Å². The van der Waals surface area contributed by atoms with Crippen molar-refractivity contribution in [3.63, 3.8) is 0 Å². The van der Waals surface area contributed by atoms with Crippen LogP contribution in [0.4, 0.5) is 0 Å². The molecule has 0 spiro atoms. The molecule has 0 bridgehead atoms. The van der Waals surface area contributed by atoms with E-state index in [2.05, 4.69) is 20.8 Å². The zero-order valence-electron chi connectivity index (χ0n) is 11.9. The van der Waals surface area contributed by atoms with Crippen LogP contribution in [0.5, 0.6) is 0 Å². The first kappa shape index (κ1) is 14.2. The fourth-order valence-electron chi connectivity index (χ4n) is 2.14. The minimum atomic E-state index is -0.227. The van der Waals surface area contributed by atoms with Gasteiger partial charge in [-0.2, -0.15) is 0 Å². The van der Waals surface area contributed by atoms with E-state index in [1.54, 1.807) is 0 Å². The monoisotopic (exact) mass is 262 g/mol. The van der Waals surface area contributed by atoms with Crippen molar-refractivity contribution in [3.05, 3.63) is 35.9 Å². The lowest BCUT2D eigenvalue weighted by Gasteiger charge is -2.37. The molecule has 2 rings (SSSR count). The summed E-state index contributed by atoms with van der Waals surface area (Å²) in [4.78, 5) is 12.1. The summed E-state index contributed by atoms with van der Waals surface area (Å²) in [6.45, 7) is 6.91. The summed E-state index contributed by atoms with van der Waals surface area (Å²) in [5, 5.41) is 0. The zero-order valence-corrected chi connectivity index (χ0v) is 11.9. The summed E-state index contributed by atoms with van der Waals surface area (Å²) in [5.41, 5.74) is 0.693. The molecule has 0 saturated carbocycles. The number of hydrogen-bond acceptors (Lipinski definition) is 3. The van der Waals surface area contributed by atoms with E-state index in [-0.39, 0.29) is 23.6 Å². The Morgan fingerprint density at radius 1 is 1.26 bits per heavy atom. The van der Waals surface area contributed by atoms with E-state index in [9.17, 15) is 4.79 Å². The fraction of sp³-hybridized carbons (Fsp3) is 0.562. The minimum Gasteiger partial charge on any atom is -0.352 e. The molecule has 0 aliphatic carbocycles. The van der Waals surface area contributed by atoms with Crippen LogP contribution in [-0.2, 0) is 9.47 Å². The number of carbonyl (C=O) groups is 1. The molecular formula is C16H22O3. The van der Waals surface area contributed by atoms with E-state index in [1.807, 2.05) is 30.3 Å². The summed E-state index contributed by atoms with van der Waals surface area (Å²) in [6.07, 6.45) is 0.950. The number of ether oxygens (including phenoxy) is 2. The zero-order chi connectivity index (χ0) is 13.9. The molecule has 1 aliphatic rings. The van der Waals surface area contributed by atoms with Gasteiger partial charge >= 0.3 is 0 Å². The third kappa shape index (κ3) is 3.88. The number of rotatable bonds is 3. The first-order chi connectivity index (χ1) is 8.97. The molecule has 0 aromatic heterocycles. The molecule has 1 saturated heterocycles. The second-order valence-corrected chi connectivity index (χ2v) is 6.11. The van der Waals surface area contributed by atoms with Crippen LogP contribution in [0.25, 0.3) is 0 Å². The van der Waals surface area contributed by atoms with E-state index in [1.165, 1.54) is 0 Å². The lowest BCUT2D eigenvalue weighted by molar-refractivity contribution is -0.251. The molecule has 1 aromatic rings. The van der Waals surface area contributed by atoms with Crippen molar-refractivity contribution < 1.29 is 14.3 Å². The maximum atomic E-state index is 12.1. The number of Topliss-reactive ketones (excluding diaryl/α,β-unsaturated/α-hetero) is 1. The summed E-state index contributed by atoms with van der Waals surface area (Å²) in [5.74, 6) is 0.139. The molecule has 1 aromatic carbocycles. The number of benzene rings is 1. The van der Waals surface area contributed by atoms with Gasteiger partial charge in [-0.25, -0.2) is 0 Å². The summed E-state index contributed by atoms with van der Waals surface area (Å²) >= 11 is 0. The highest BCUT2D eigenvalue weighted by atomic mass is 16.7. The van der Waals surface area contributed by atoms with Crippen LogP contribution >= 0.6 is 0 Å². The average molecular weight is 262 g/mol. The SMILES string of the molecule is CC(C)(C)[C@@H]1OCC[C@H](CC(=O)c2ccccc2)O1. The first-order valence-corrected chi connectivity index (χ1v) is 6.82. The van der Waals surface area contributed by atoms with Gasteiger partial charge in [0.15, 0.2) is 12.1 Å². The molecule has 0 unspecified atom stereocenters. The highest BCUT2D eigenvalue weighted by Gasteiger charge is 2.33. The van der Waals surface area contributed by atoms with Crippen LogP contribution in [0.1, 0.15) is 44.0 Å². The van der Waals surface area contributed by atoms with Crippen molar-refractivity contribution in [2.45, 2.75) is 46.0 Å². The Bertz CT molecular complexity index is 419. The first-order valence-electron chi connectivity index (χ1n) is 6.82. The molecule has 1 fully saturated rings. The molecular weight excluding hydrogens is 240 g/mol. The summed E-state index contributed by atoms with van der Waals surface area (Å²) < 4.78 is 11.5. The predicted octanol–water partition coefficient (Wildman–Crippen LogP) is 3.44. The fourth-order valence-corrected chi connectivity index (χ4v) is 2.14. The van der Waals surface area contributed by atoms with Crippen LogP contribution in [-0.4, -0.2) is 24.8 Å². The molecule has 1 heterocycles. The third-order valence-electron chi connectivity index (χ3n) is 3.24. The second-order valence-electron chi connectivity index (χ2n) is 6.11. The molecule has 2 atom stereocenters. The van der Waals surface area contributed by atoms with E-state index in [0.29, 0.717) is 13.0 Å². The van der Waals surface area contributed by atoms with Gasteiger partial charge in [0.05, 0.1) is 12.7 Å². The van der Waals surface area contributed by atoms with Gasteiger partial charge < -0.3 is 9.47 Å². The lowest BCUT2D eigenvalue weighted by Crippen LogP contribution is -2.41. The molecule has 0 radical (unpaired) electrons. The van der Waals surface area contributed by atoms with E-state index in [4.69, 9.17) is 9.47 Å². The van der Waals surface area contributed by atoms with Gasteiger partial charge in [0, 0.05) is 17.4 Å². The van der Waals surface area contributed by atoms with Crippen molar-refractivity contribution in [2.75, 3.05) is 6.61 Å². The molecule has 19 heavy (non-hydrogen) atoms. The van der Waals surface area contributed by atoms with Crippen LogP contribution in [0.2, 0.25) is 0 Å².